The average molecular weight is 488 g/mol. The topological polar surface area (TPSA) is 116 Å². The molecule has 0 fully saturated rings. The molecule has 1 heterocycles. The van der Waals surface area contributed by atoms with E-state index in [1.165, 1.54) is 30.3 Å². The Balaban J connectivity index is 1.95. The number of rotatable bonds is 8. The van der Waals surface area contributed by atoms with Crippen molar-refractivity contribution in [1.82, 2.24) is 14.7 Å². The maximum absolute atomic E-state index is 13.5. The van der Waals surface area contributed by atoms with E-state index in [0.717, 1.165) is 23.6 Å². The first-order valence-electron chi connectivity index (χ1n) is 10.9. The second-order valence-electron chi connectivity index (χ2n) is 9.03. The molecule has 0 aliphatic rings. The second-order valence-corrected chi connectivity index (χ2v) is 10.7. The third-order valence-corrected chi connectivity index (χ3v) is 6.57. The molecule has 3 rings (SSSR count). The van der Waals surface area contributed by atoms with Gasteiger partial charge in [0.25, 0.3) is 5.91 Å². The molecule has 0 atom stereocenters. The first-order chi connectivity index (χ1) is 15.9. The van der Waals surface area contributed by atoms with Crippen molar-refractivity contribution in [3.63, 3.8) is 0 Å². The highest BCUT2D eigenvalue weighted by Crippen LogP contribution is 2.23. The molecule has 0 radical (unpaired) electrons. The monoisotopic (exact) mass is 487 g/mol. The molecule has 34 heavy (non-hydrogen) atoms. The van der Waals surface area contributed by atoms with Crippen LogP contribution in [0, 0.1) is 12.7 Å². The van der Waals surface area contributed by atoms with Crippen LogP contribution < -0.4 is 15.4 Å². The van der Waals surface area contributed by atoms with Crippen molar-refractivity contribution in [1.29, 1.82) is 0 Å². The van der Waals surface area contributed by atoms with E-state index in [1.807, 2.05) is 13.8 Å². The number of aromatic amines is 1. The third kappa shape index (κ3) is 6.64. The fraction of sp³-hybridized carbons (Fsp3) is 0.333. The van der Waals surface area contributed by atoms with Crippen LogP contribution in [0.5, 0.6) is 0 Å². The fourth-order valence-electron chi connectivity index (χ4n) is 3.31. The number of carbonyl (C=O) groups excluding carboxylic acids is 1. The number of anilines is 2. The van der Waals surface area contributed by atoms with Gasteiger partial charge in [0.15, 0.2) is 0 Å². The number of halogens is 1. The summed E-state index contributed by atoms with van der Waals surface area (Å²) in [6, 6.07) is 9.79. The van der Waals surface area contributed by atoms with Crippen LogP contribution in [0.1, 0.15) is 55.3 Å². The lowest BCUT2D eigenvalue weighted by Gasteiger charge is -2.21. The number of nitrogens with zero attached hydrogens (tertiary/aromatic N) is 1. The standard InChI is InChI=1S/C24H30FN5O3S/c1-6-22-27-15(2)21(29-22)14-26-19-10-16(23(31)28-18-9-7-8-17(25)12-18)11-20(13-19)34(32,33)30-24(3,4)5/h7-13,26,30H,6,14H2,1-5H3,(H,27,29)(H,28,31). The predicted octanol–water partition coefficient (Wildman–Crippen LogP) is 4.36. The van der Waals surface area contributed by atoms with Crippen LogP contribution >= 0.6 is 0 Å². The lowest BCUT2D eigenvalue weighted by Crippen LogP contribution is -2.40. The molecule has 0 aliphatic heterocycles. The van der Waals surface area contributed by atoms with Gasteiger partial charge in [-0.3, -0.25) is 4.79 Å². The van der Waals surface area contributed by atoms with Crippen molar-refractivity contribution >= 4 is 27.3 Å². The van der Waals surface area contributed by atoms with Crippen LogP contribution in [-0.2, 0) is 23.0 Å². The van der Waals surface area contributed by atoms with Crippen molar-refractivity contribution < 1.29 is 17.6 Å². The van der Waals surface area contributed by atoms with Gasteiger partial charge in [0.05, 0.1) is 17.1 Å². The highest BCUT2D eigenvalue weighted by Gasteiger charge is 2.24. The van der Waals surface area contributed by atoms with Crippen LogP contribution in [-0.4, -0.2) is 29.8 Å². The van der Waals surface area contributed by atoms with E-state index >= 15 is 0 Å². The van der Waals surface area contributed by atoms with Crippen LogP contribution in [0.2, 0.25) is 0 Å². The van der Waals surface area contributed by atoms with Gasteiger partial charge in [-0.15, -0.1) is 0 Å². The quantitative estimate of drug-likeness (QED) is 0.377. The minimum atomic E-state index is -3.92. The molecule has 1 aromatic heterocycles. The summed E-state index contributed by atoms with van der Waals surface area (Å²) >= 11 is 0. The molecule has 0 bridgehead atoms. The number of hydrogen-bond acceptors (Lipinski definition) is 5. The van der Waals surface area contributed by atoms with E-state index in [4.69, 9.17) is 0 Å². The summed E-state index contributed by atoms with van der Waals surface area (Å²) < 4.78 is 42.1. The summed E-state index contributed by atoms with van der Waals surface area (Å²) in [5, 5.41) is 5.78. The van der Waals surface area contributed by atoms with Crippen molar-refractivity contribution in [3.05, 3.63) is 71.1 Å². The number of nitrogens with one attached hydrogen (secondary N) is 4. The maximum Gasteiger partial charge on any atom is 0.255 e. The zero-order chi connectivity index (χ0) is 25.1. The number of H-pyrrole nitrogens is 1. The van der Waals surface area contributed by atoms with Gasteiger partial charge >= 0.3 is 0 Å². The van der Waals surface area contributed by atoms with Gasteiger partial charge in [0.1, 0.15) is 11.6 Å². The smallest absolute Gasteiger partial charge is 0.255 e. The van der Waals surface area contributed by atoms with Crippen molar-refractivity contribution in [2.45, 2.75) is 58.0 Å². The van der Waals surface area contributed by atoms with E-state index in [2.05, 4.69) is 25.3 Å². The zero-order valence-corrected chi connectivity index (χ0v) is 20.7. The first kappa shape index (κ1) is 25.4. The lowest BCUT2D eigenvalue weighted by molar-refractivity contribution is 0.102. The van der Waals surface area contributed by atoms with Crippen molar-refractivity contribution in [2.75, 3.05) is 10.6 Å². The van der Waals surface area contributed by atoms with Crippen molar-refractivity contribution in [3.8, 4) is 0 Å². The number of aryl methyl sites for hydroxylation is 2. The number of imidazole rings is 1. The summed E-state index contributed by atoms with van der Waals surface area (Å²) in [6.45, 7) is 9.44. The Morgan fingerprint density at radius 3 is 2.47 bits per heavy atom. The fourth-order valence-corrected chi connectivity index (χ4v) is 4.80. The minimum absolute atomic E-state index is 0.0650. The van der Waals surface area contributed by atoms with Crippen LogP contribution in [0.4, 0.5) is 15.8 Å². The van der Waals surface area contributed by atoms with Gasteiger partial charge in [-0.1, -0.05) is 13.0 Å². The van der Waals surface area contributed by atoms with E-state index in [-0.39, 0.29) is 16.1 Å². The molecule has 0 aliphatic carbocycles. The Kier molecular flexibility index (Phi) is 7.42. The Morgan fingerprint density at radius 1 is 1.12 bits per heavy atom. The average Bonchev–Trinajstić information content (AvgIpc) is 3.10. The van der Waals surface area contributed by atoms with Crippen LogP contribution in [0.15, 0.2) is 47.4 Å². The maximum atomic E-state index is 13.5. The van der Waals surface area contributed by atoms with Gasteiger partial charge < -0.3 is 15.6 Å². The molecule has 10 heteroatoms. The summed E-state index contributed by atoms with van der Waals surface area (Å²) in [5.41, 5.74) is 1.79. The largest absolute Gasteiger partial charge is 0.379 e. The first-order valence-corrected chi connectivity index (χ1v) is 12.4. The highest BCUT2D eigenvalue weighted by atomic mass is 32.2. The van der Waals surface area contributed by atoms with E-state index in [1.54, 1.807) is 32.9 Å². The van der Waals surface area contributed by atoms with E-state index in [9.17, 15) is 17.6 Å². The van der Waals surface area contributed by atoms with Gasteiger partial charge in [-0.25, -0.2) is 22.5 Å². The Hall–Kier alpha value is -3.24. The molecule has 0 saturated heterocycles. The van der Waals surface area contributed by atoms with Gasteiger partial charge in [0, 0.05) is 34.6 Å². The number of sulfonamides is 1. The molecule has 4 N–H and O–H groups in total. The third-order valence-electron chi connectivity index (χ3n) is 4.83. The molecule has 1 amide bonds. The Morgan fingerprint density at radius 2 is 1.85 bits per heavy atom. The predicted molar refractivity (Wildman–Crippen MR) is 131 cm³/mol. The van der Waals surface area contributed by atoms with Crippen LogP contribution in [0.25, 0.3) is 0 Å². The van der Waals surface area contributed by atoms with Gasteiger partial charge in [-0.05, 0) is 64.1 Å². The number of aromatic nitrogens is 2. The molecule has 182 valence electrons. The molecule has 3 aromatic rings. The molecule has 0 saturated carbocycles. The van der Waals surface area contributed by atoms with Gasteiger partial charge in [-0.2, -0.15) is 0 Å². The number of hydrogen-bond donors (Lipinski definition) is 4. The normalized spacial score (nSPS) is 11.9. The molecular formula is C24H30FN5O3S. The summed E-state index contributed by atoms with van der Waals surface area (Å²) in [5.74, 6) is -0.201. The summed E-state index contributed by atoms with van der Waals surface area (Å²) in [6.07, 6.45) is 0.761. The zero-order valence-electron chi connectivity index (χ0n) is 19.9. The summed E-state index contributed by atoms with van der Waals surface area (Å²) in [4.78, 5) is 20.6. The molecule has 0 spiro atoms. The minimum Gasteiger partial charge on any atom is -0.379 e. The Bertz CT molecular complexity index is 1300. The number of amides is 1. The van der Waals surface area contributed by atoms with Crippen molar-refractivity contribution in [2.24, 2.45) is 0 Å². The van der Waals surface area contributed by atoms with E-state index < -0.39 is 27.3 Å². The lowest BCUT2D eigenvalue weighted by atomic mass is 10.1. The number of benzene rings is 2. The van der Waals surface area contributed by atoms with Gasteiger partial charge in [0.2, 0.25) is 10.0 Å². The Labute approximate surface area is 199 Å². The molecule has 2 aromatic carbocycles. The summed E-state index contributed by atoms with van der Waals surface area (Å²) in [7, 11) is -3.92. The van der Waals surface area contributed by atoms with Crippen LogP contribution in [0.3, 0.4) is 0 Å². The molecule has 0 unspecified atom stereocenters. The highest BCUT2D eigenvalue weighted by molar-refractivity contribution is 7.89. The van der Waals surface area contributed by atoms with E-state index in [0.29, 0.717) is 12.2 Å². The SMILES string of the molecule is CCc1nc(CNc2cc(C(=O)Nc3cccc(F)c3)cc(S(=O)(=O)NC(C)(C)C)c2)c(C)[nH]1. The second kappa shape index (κ2) is 9.94. The number of carbonyl (C=O) groups is 1. The molecular weight excluding hydrogens is 457 g/mol. The molecule has 8 nitrogen and oxygen atoms in total.